The Morgan fingerprint density at radius 3 is 1.45 bits per heavy atom. The number of nitrogen functional groups attached to an aromatic ring is 1. The summed E-state index contributed by atoms with van der Waals surface area (Å²) < 4.78 is 6.27. The molecule has 14 aromatic rings. The van der Waals surface area contributed by atoms with Gasteiger partial charge in [0, 0.05) is 164 Å². The van der Waals surface area contributed by atoms with E-state index < -0.39 is 18.0 Å². The molecular weight excluding hydrogens is 1060 g/mol. The van der Waals surface area contributed by atoms with E-state index in [9.17, 15) is 19.8 Å². The number of fused-ring (bicyclic) bond motifs is 6. The lowest BCUT2D eigenvalue weighted by molar-refractivity contribution is -0.137. The van der Waals surface area contributed by atoms with Crippen LogP contribution in [0.1, 0.15) is 23.6 Å². The molecule has 18 heteroatoms. The number of rotatable bonds is 12. The van der Waals surface area contributed by atoms with Crippen molar-refractivity contribution in [3.8, 4) is 33.4 Å². The highest BCUT2D eigenvalue weighted by Gasteiger charge is 2.19. The Bertz CT molecular complexity index is 4850. The van der Waals surface area contributed by atoms with Crippen LogP contribution in [0.5, 0.6) is 0 Å². The predicted octanol–water partition coefficient (Wildman–Crippen LogP) is 12.9. The molecule has 8 aromatic heterocycles. The Morgan fingerprint density at radius 1 is 0.518 bits per heavy atom. The van der Waals surface area contributed by atoms with Crippen molar-refractivity contribution in [1.29, 1.82) is 0 Å². The molecule has 6 N–H and O–H groups in total. The monoisotopic (exact) mass is 1120 g/mol. The zero-order valence-corrected chi connectivity index (χ0v) is 46.3. The molecule has 416 valence electrons. The van der Waals surface area contributed by atoms with E-state index in [-0.39, 0.29) is 6.42 Å². The van der Waals surface area contributed by atoms with Crippen molar-refractivity contribution in [3.63, 3.8) is 0 Å². The third-order valence-corrected chi connectivity index (χ3v) is 14.7. The number of aliphatic carboxylic acids is 2. The third-order valence-electron chi connectivity index (χ3n) is 14.7. The molecule has 85 heavy (non-hydrogen) atoms. The highest BCUT2D eigenvalue weighted by molar-refractivity contribution is 6.01. The Balaban J connectivity index is 0.000000128. The van der Waals surface area contributed by atoms with Gasteiger partial charge in [-0.05, 0) is 129 Å². The van der Waals surface area contributed by atoms with Gasteiger partial charge in [-0.15, -0.1) is 0 Å². The van der Waals surface area contributed by atoms with Crippen LogP contribution in [-0.4, -0.2) is 75.7 Å². The molecule has 0 fully saturated rings. The molecule has 0 radical (unpaired) electrons. The van der Waals surface area contributed by atoms with E-state index in [1.54, 1.807) is 80.2 Å². The summed E-state index contributed by atoms with van der Waals surface area (Å²) in [5, 5.41) is 29.0. The predicted molar refractivity (Wildman–Crippen MR) is 335 cm³/mol. The summed E-state index contributed by atoms with van der Waals surface area (Å²) in [5.74, 6) is -1.94. The molecule has 0 bridgehead atoms. The summed E-state index contributed by atoms with van der Waals surface area (Å²) in [7, 11) is 6.08. The van der Waals surface area contributed by atoms with Gasteiger partial charge in [-0.3, -0.25) is 44.7 Å². The molecule has 0 saturated heterocycles. The molecule has 0 aliphatic rings. The van der Waals surface area contributed by atoms with Crippen LogP contribution in [0.2, 0.25) is 0 Å². The summed E-state index contributed by atoms with van der Waals surface area (Å²) in [4.78, 5) is 58.1. The smallest absolute Gasteiger partial charge is 0.330 e. The van der Waals surface area contributed by atoms with Crippen LogP contribution in [0, 0.1) is 0 Å². The van der Waals surface area contributed by atoms with Crippen molar-refractivity contribution in [2.75, 3.05) is 16.4 Å². The zero-order valence-electron chi connectivity index (χ0n) is 46.3. The second-order valence-electron chi connectivity index (χ2n) is 20.3. The van der Waals surface area contributed by atoms with E-state index in [0.717, 1.165) is 94.7 Å². The quantitative estimate of drug-likeness (QED) is 0.0564. The van der Waals surface area contributed by atoms with Crippen molar-refractivity contribution < 1.29 is 19.8 Å². The van der Waals surface area contributed by atoms with E-state index in [1.165, 1.54) is 16.3 Å². The maximum atomic E-state index is 11.5. The van der Waals surface area contributed by atoms with Crippen molar-refractivity contribution in [3.05, 3.63) is 231 Å². The largest absolute Gasteiger partial charge is 0.481 e. The van der Waals surface area contributed by atoms with Crippen LogP contribution in [0.3, 0.4) is 0 Å². The molecule has 8 heterocycles. The number of carboxylic acids is 2. The molecule has 0 saturated carbocycles. The second kappa shape index (κ2) is 23.4. The average molecular weight is 1120 g/mol. The van der Waals surface area contributed by atoms with E-state index in [2.05, 4.69) is 143 Å². The van der Waals surface area contributed by atoms with Crippen LogP contribution >= 0.6 is 0 Å². The standard InChI is InChI=1S/C25H21N5O2.C25H19N5O2.C17H14N4/c2*1-30-10-6-16-4-5-17(11-23(16)30)20-12-19(13-22-25(20)28-9-8-27-22)29-21(14-24(31)32)18-3-2-7-26-15-18;1-21-7-4-11-2-3-12(8-16(11)21)14-9-13(18)10-15-17(14)20-6-5-19-15/h2-13,15,21,29H,14H2,1H3,(H,31,32);2-15,29H,1H3,(H,31,32);2-10H,18H2,1H3. The molecule has 0 aliphatic carbocycles. The van der Waals surface area contributed by atoms with E-state index in [4.69, 9.17) is 5.73 Å². The van der Waals surface area contributed by atoms with Gasteiger partial charge in [-0.1, -0.05) is 42.5 Å². The number of pyridine rings is 2. The minimum absolute atomic E-state index is 0.0746. The van der Waals surface area contributed by atoms with E-state index in [1.807, 2.05) is 76.0 Å². The zero-order chi connectivity index (χ0) is 58.6. The SMILES string of the molecule is Cn1ccc2ccc(-c3cc(N)cc4nccnc34)cc21.Cn1ccc2ccc(-c3cc(NC(=CC(=O)O)c4cccnc4)cc4nccnc34)cc21.Cn1ccc2ccc(-c3cc(NC(CC(=O)O)c4cccnc4)cc4nccnc34)cc21. The fourth-order valence-electron chi connectivity index (χ4n) is 10.6. The number of carbonyl (C=O) groups is 2. The minimum Gasteiger partial charge on any atom is -0.481 e. The van der Waals surface area contributed by atoms with Gasteiger partial charge in [-0.25, -0.2) is 4.79 Å². The Labute approximate surface area is 486 Å². The fraction of sp³-hybridized carbons (Fsp3) is 0.0746. The van der Waals surface area contributed by atoms with Gasteiger partial charge in [-0.2, -0.15) is 0 Å². The maximum Gasteiger partial charge on any atom is 0.330 e. The molecule has 6 aromatic carbocycles. The number of nitrogens with two attached hydrogens (primary N) is 1. The lowest BCUT2D eigenvalue weighted by atomic mass is 10.0. The van der Waals surface area contributed by atoms with Gasteiger partial charge < -0.3 is 40.3 Å². The molecule has 1 atom stereocenters. The lowest BCUT2D eigenvalue weighted by Crippen LogP contribution is -2.15. The van der Waals surface area contributed by atoms with Gasteiger partial charge in [0.1, 0.15) is 0 Å². The van der Waals surface area contributed by atoms with E-state index in [0.29, 0.717) is 28.2 Å². The summed E-state index contributed by atoms with van der Waals surface area (Å²) in [6.45, 7) is 0. The number of nitrogens with zero attached hydrogens (tertiary/aromatic N) is 11. The normalized spacial score (nSPS) is 11.8. The van der Waals surface area contributed by atoms with Crippen LogP contribution in [-0.2, 0) is 30.7 Å². The summed E-state index contributed by atoms with van der Waals surface area (Å²) in [5.41, 5.74) is 24.2. The van der Waals surface area contributed by atoms with Gasteiger partial charge >= 0.3 is 11.9 Å². The number of hydrogen-bond donors (Lipinski definition) is 5. The summed E-state index contributed by atoms with van der Waals surface area (Å²) >= 11 is 0. The maximum absolute atomic E-state index is 11.5. The Hall–Kier alpha value is -11.7. The number of anilines is 3. The first-order valence-corrected chi connectivity index (χ1v) is 27.1. The first-order chi connectivity index (χ1) is 41.4. The lowest BCUT2D eigenvalue weighted by Gasteiger charge is -2.19. The van der Waals surface area contributed by atoms with Gasteiger partial charge in [0.05, 0.1) is 51.3 Å². The van der Waals surface area contributed by atoms with Crippen LogP contribution in [0.25, 0.3) is 105 Å². The van der Waals surface area contributed by atoms with Crippen molar-refractivity contribution in [2.45, 2.75) is 12.5 Å². The minimum atomic E-state index is -1.05. The molecule has 0 amide bonds. The number of hydrogen-bond acceptors (Lipinski definition) is 13. The molecule has 14 rings (SSSR count). The molecule has 18 nitrogen and oxygen atoms in total. The first kappa shape index (κ1) is 54.0. The van der Waals surface area contributed by atoms with Gasteiger partial charge in [0.2, 0.25) is 0 Å². The highest BCUT2D eigenvalue weighted by Crippen LogP contribution is 2.37. The van der Waals surface area contributed by atoms with Crippen LogP contribution in [0.15, 0.2) is 220 Å². The van der Waals surface area contributed by atoms with E-state index >= 15 is 0 Å². The topological polar surface area (TPSA) is 243 Å². The Kier molecular flexibility index (Phi) is 14.9. The fourth-order valence-corrected chi connectivity index (χ4v) is 10.6. The van der Waals surface area contributed by atoms with Crippen molar-refractivity contribution in [1.82, 2.24) is 53.6 Å². The highest BCUT2D eigenvalue weighted by atomic mass is 16.4. The number of benzene rings is 6. The summed E-state index contributed by atoms with van der Waals surface area (Å²) in [6, 6.07) is 43.6. The van der Waals surface area contributed by atoms with Crippen molar-refractivity contribution in [2.24, 2.45) is 21.1 Å². The molecule has 0 spiro atoms. The number of nitrogens with one attached hydrogen (secondary N) is 2. The number of carboxylic acid groups (broad SMARTS) is 2. The number of aryl methyl sites for hydroxylation is 3. The third kappa shape index (κ3) is 11.6. The number of aromatic nitrogens is 11. The second-order valence-corrected chi connectivity index (χ2v) is 20.3. The average Bonchev–Trinajstić information content (AvgIpc) is 3.94. The molecule has 1 unspecified atom stereocenters. The molecular formula is C67H54N14O4. The van der Waals surface area contributed by atoms with Gasteiger partial charge in [0.15, 0.2) is 0 Å². The van der Waals surface area contributed by atoms with Crippen LogP contribution in [0.4, 0.5) is 17.1 Å². The van der Waals surface area contributed by atoms with Crippen LogP contribution < -0.4 is 16.4 Å². The summed E-state index contributed by atoms with van der Waals surface area (Å²) in [6.07, 6.45) is 23.9. The van der Waals surface area contributed by atoms with Crippen molar-refractivity contribution >= 4 is 101 Å². The Morgan fingerprint density at radius 2 is 0.976 bits per heavy atom. The first-order valence-electron chi connectivity index (χ1n) is 27.1. The molecule has 0 aliphatic heterocycles. The van der Waals surface area contributed by atoms with Gasteiger partial charge in [0.25, 0.3) is 0 Å².